The number of carbonyl (C=O) groups is 2. The Morgan fingerprint density at radius 2 is 1.89 bits per heavy atom. The van der Waals surface area contributed by atoms with Crippen molar-refractivity contribution in [1.29, 1.82) is 0 Å². The fourth-order valence-corrected chi connectivity index (χ4v) is 4.08. The van der Waals surface area contributed by atoms with Gasteiger partial charge >= 0.3 is 12.2 Å². The lowest BCUT2D eigenvalue weighted by atomic mass is 9.81. The highest BCUT2D eigenvalue weighted by Crippen LogP contribution is 2.39. The molecular weight excluding hydrogens is 477 g/mol. The van der Waals surface area contributed by atoms with Crippen molar-refractivity contribution in [3.63, 3.8) is 0 Å². The maximum Gasteiger partial charge on any atom is 0.391 e. The van der Waals surface area contributed by atoms with Crippen molar-refractivity contribution < 1.29 is 27.5 Å². The number of ether oxygens (including phenoxy) is 1. The summed E-state index contributed by atoms with van der Waals surface area (Å²) in [7, 11) is 1.81. The van der Waals surface area contributed by atoms with Gasteiger partial charge in [0.25, 0.3) is 0 Å². The number of hydrogen-bond donors (Lipinski definition) is 2. The summed E-state index contributed by atoms with van der Waals surface area (Å²) in [6.07, 6.45) is 0.837. The van der Waals surface area contributed by atoms with Gasteiger partial charge in [-0.15, -0.1) is 0 Å². The molecule has 3 heterocycles. The number of nitrogens with one attached hydrogen (secondary N) is 2. The maximum absolute atomic E-state index is 12.8. The predicted octanol–water partition coefficient (Wildman–Crippen LogP) is 4.99. The van der Waals surface area contributed by atoms with E-state index in [2.05, 4.69) is 25.7 Å². The summed E-state index contributed by atoms with van der Waals surface area (Å²) in [4.78, 5) is 33.2. The Kier molecular flexibility index (Phi) is 7.22. The zero-order chi connectivity index (χ0) is 25.9. The van der Waals surface area contributed by atoms with Gasteiger partial charge in [0.2, 0.25) is 5.91 Å². The minimum absolute atomic E-state index is 0.0875. The first-order valence-electron chi connectivity index (χ1n) is 11.4. The average Bonchev–Trinajstić information content (AvgIpc) is 3.27. The highest BCUT2D eigenvalue weighted by molar-refractivity contribution is 6.01. The predicted molar refractivity (Wildman–Crippen MR) is 124 cm³/mol. The van der Waals surface area contributed by atoms with Crippen molar-refractivity contribution >= 4 is 17.8 Å². The lowest BCUT2D eigenvalue weighted by Crippen LogP contribution is -2.40. The number of alkyl halides is 3. The molecule has 1 aliphatic carbocycles. The first kappa shape index (κ1) is 25.1. The first-order valence-corrected chi connectivity index (χ1v) is 11.4. The molecule has 3 amide bonds. The Labute approximate surface area is 205 Å². The molecule has 9 nitrogen and oxygen atoms in total. The summed E-state index contributed by atoms with van der Waals surface area (Å²) >= 11 is 0. The van der Waals surface area contributed by atoms with E-state index in [1.165, 1.54) is 6.07 Å². The van der Waals surface area contributed by atoms with Crippen LogP contribution in [0.1, 0.15) is 31.4 Å². The molecule has 190 valence electrons. The fraction of sp³-hybridized carbons (Fsp3) is 0.375. The SMILES string of the molecule is Cc1nc(NC(=O)NC(=O)[C@H]2CC[C@H](C(F)(F)F)CC2)ccc1Oc1ccnc(-c2cnn(C)c2)c1. The van der Waals surface area contributed by atoms with Crippen molar-refractivity contribution in [2.45, 2.75) is 38.8 Å². The van der Waals surface area contributed by atoms with Gasteiger partial charge in [-0.2, -0.15) is 18.3 Å². The molecule has 2 N–H and O–H groups in total. The Balaban J connectivity index is 1.32. The summed E-state index contributed by atoms with van der Waals surface area (Å²) in [5, 5.41) is 8.80. The molecule has 12 heteroatoms. The monoisotopic (exact) mass is 502 g/mol. The van der Waals surface area contributed by atoms with E-state index in [1.807, 2.05) is 13.2 Å². The number of anilines is 1. The van der Waals surface area contributed by atoms with E-state index in [4.69, 9.17) is 4.74 Å². The number of pyridine rings is 2. The fourth-order valence-electron chi connectivity index (χ4n) is 4.08. The molecule has 0 radical (unpaired) electrons. The van der Waals surface area contributed by atoms with E-state index >= 15 is 0 Å². The van der Waals surface area contributed by atoms with Gasteiger partial charge in [0.15, 0.2) is 0 Å². The topological polar surface area (TPSA) is 111 Å². The van der Waals surface area contributed by atoms with Gasteiger partial charge in [0, 0.05) is 37.0 Å². The molecule has 0 aromatic carbocycles. The van der Waals surface area contributed by atoms with Gasteiger partial charge in [-0.05, 0) is 50.8 Å². The largest absolute Gasteiger partial charge is 0.455 e. The molecule has 0 spiro atoms. The zero-order valence-electron chi connectivity index (χ0n) is 19.7. The lowest BCUT2D eigenvalue weighted by molar-refractivity contribution is -0.184. The Morgan fingerprint density at radius 1 is 1.14 bits per heavy atom. The Morgan fingerprint density at radius 3 is 2.53 bits per heavy atom. The van der Waals surface area contributed by atoms with E-state index in [9.17, 15) is 22.8 Å². The summed E-state index contributed by atoms with van der Waals surface area (Å²) in [5.41, 5.74) is 2.02. The second-order valence-electron chi connectivity index (χ2n) is 8.70. The highest BCUT2D eigenvalue weighted by atomic mass is 19.4. The number of aryl methyl sites for hydroxylation is 2. The van der Waals surface area contributed by atoms with Crippen LogP contribution in [0, 0.1) is 18.8 Å². The summed E-state index contributed by atoms with van der Waals surface area (Å²) in [5.74, 6) is -1.42. The van der Waals surface area contributed by atoms with Crippen LogP contribution in [-0.2, 0) is 11.8 Å². The van der Waals surface area contributed by atoms with Crippen molar-refractivity contribution in [2.75, 3.05) is 5.32 Å². The summed E-state index contributed by atoms with van der Waals surface area (Å²) in [6.45, 7) is 1.70. The van der Waals surface area contributed by atoms with E-state index < -0.39 is 30.0 Å². The minimum Gasteiger partial charge on any atom is -0.455 e. The van der Waals surface area contributed by atoms with Crippen LogP contribution < -0.4 is 15.4 Å². The quantitative estimate of drug-likeness (QED) is 0.508. The summed E-state index contributed by atoms with van der Waals surface area (Å²) in [6, 6.07) is 5.82. The van der Waals surface area contributed by atoms with Gasteiger partial charge in [-0.1, -0.05) is 0 Å². The normalized spacial score (nSPS) is 17.9. The van der Waals surface area contributed by atoms with Crippen LogP contribution in [-0.4, -0.2) is 37.9 Å². The molecule has 4 rings (SSSR count). The van der Waals surface area contributed by atoms with Gasteiger partial charge in [-0.3, -0.25) is 25.1 Å². The molecule has 3 aromatic rings. The molecule has 3 aromatic heterocycles. The Hall–Kier alpha value is -3.96. The standard InChI is InChI=1S/C24H25F3N6O3/c1-14-20(36-18-9-10-28-19(11-18)16-12-29-33(2)13-16)7-8-21(30-14)31-23(35)32-22(34)15-3-5-17(6-4-15)24(25,26)27/h7-13,15,17H,3-6H2,1-2H3,(H2,30,31,32,34,35)/t15-,17-. The number of imide groups is 1. The number of amides is 3. The number of hydrogen-bond acceptors (Lipinski definition) is 6. The van der Waals surface area contributed by atoms with Gasteiger partial charge in [0.05, 0.1) is 23.5 Å². The number of nitrogens with zero attached hydrogens (tertiary/aromatic N) is 4. The number of halogens is 3. The van der Waals surface area contributed by atoms with Gasteiger partial charge in [-0.25, -0.2) is 9.78 Å². The van der Waals surface area contributed by atoms with Crippen LogP contribution in [0.5, 0.6) is 11.5 Å². The van der Waals surface area contributed by atoms with Gasteiger partial charge in [0.1, 0.15) is 17.3 Å². The van der Waals surface area contributed by atoms with E-state index in [0.717, 1.165) is 5.56 Å². The van der Waals surface area contributed by atoms with Crippen molar-refractivity contribution in [3.05, 3.63) is 48.5 Å². The van der Waals surface area contributed by atoms with Crippen molar-refractivity contribution in [1.82, 2.24) is 25.1 Å². The second kappa shape index (κ2) is 10.3. The molecule has 0 bridgehead atoms. The van der Waals surface area contributed by atoms with Crippen molar-refractivity contribution in [2.24, 2.45) is 18.9 Å². The minimum atomic E-state index is -4.25. The molecule has 0 aliphatic heterocycles. The van der Waals surface area contributed by atoms with Crippen LogP contribution >= 0.6 is 0 Å². The summed E-state index contributed by atoms with van der Waals surface area (Å²) < 4.78 is 46.0. The van der Waals surface area contributed by atoms with E-state index in [1.54, 1.807) is 42.2 Å². The third-order valence-electron chi connectivity index (χ3n) is 6.04. The zero-order valence-corrected chi connectivity index (χ0v) is 19.7. The third kappa shape index (κ3) is 6.18. The van der Waals surface area contributed by atoms with Crippen LogP contribution in [0.15, 0.2) is 42.9 Å². The number of urea groups is 1. The highest BCUT2D eigenvalue weighted by Gasteiger charge is 2.42. The molecule has 36 heavy (non-hydrogen) atoms. The van der Waals surface area contributed by atoms with Crippen molar-refractivity contribution in [3.8, 4) is 22.8 Å². The smallest absolute Gasteiger partial charge is 0.391 e. The molecule has 1 saturated carbocycles. The molecule has 0 atom stereocenters. The van der Waals surface area contributed by atoms with Gasteiger partial charge < -0.3 is 4.74 Å². The van der Waals surface area contributed by atoms with E-state index in [0.29, 0.717) is 22.9 Å². The molecule has 0 unspecified atom stereocenters. The third-order valence-corrected chi connectivity index (χ3v) is 6.04. The number of carbonyl (C=O) groups excluding carboxylic acids is 2. The van der Waals surface area contributed by atoms with Crippen LogP contribution in [0.2, 0.25) is 0 Å². The maximum atomic E-state index is 12.8. The van der Waals surface area contributed by atoms with Crippen LogP contribution in [0.3, 0.4) is 0 Å². The molecule has 0 saturated heterocycles. The van der Waals surface area contributed by atoms with E-state index in [-0.39, 0.29) is 31.5 Å². The lowest BCUT2D eigenvalue weighted by Gasteiger charge is -2.28. The van der Waals surface area contributed by atoms with Crippen LogP contribution in [0.4, 0.5) is 23.8 Å². The molecular formula is C24H25F3N6O3. The second-order valence-corrected chi connectivity index (χ2v) is 8.70. The number of rotatable bonds is 5. The number of aromatic nitrogens is 4. The molecule has 1 aliphatic rings. The average molecular weight is 502 g/mol. The molecule has 1 fully saturated rings. The van der Waals surface area contributed by atoms with Crippen LogP contribution in [0.25, 0.3) is 11.3 Å². The first-order chi connectivity index (χ1) is 17.1. The Bertz CT molecular complexity index is 1250.